The van der Waals surface area contributed by atoms with Crippen molar-refractivity contribution in [2.45, 2.75) is 19.8 Å². The van der Waals surface area contributed by atoms with Gasteiger partial charge < -0.3 is 15.1 Å². The van der Waals surface area contributed by atoms with Crippen molar-refractivity contribution in [1.82, 2.24) is 15.1 Å². The molecule has 5 heteroatoms. The Morgan fingerprint density at radius 3 is 2.36 bits per heavy atom. The van der Waals surface area contributed by atoms with Crippen LogP contribution < -0.4 is 5.32 Å². The van der Waals surface area contributed by atoms with E-state index >= 15 is 0 Å². The summed E-state index contributed by atoms with van der Waals surface area (Å²) < 4.78 is 0.993. The number of nitrogens with zero attached hydrogens (tertiary/aromatic N) is 2. The van der Waals surface area contributed by atoms with E-state index in [9.17, 15) is 4.79 Å². The van der Waals surface area contributed by atoms with Gasteiger partial charge in [0.25, 0.3) is 5.91 Å². The molecule has 1 aliphatic rings. The van der Waals surface area contributed by atoms with Crippen molar-refractivity contribution in [1.29, 1.82) is 0 Å². The first-order chi connectivity index (χ1) is 10.7. The van der Waals surface area contributed by atoms with Crippen LogP contribution in [0.4, 0.5) is 0 Å². The Hall–Kier alpha value is -0.910. The Bertz CT molecular complexity index is 455. The maximum absolute atomic E-state index is 11.9. The van der Waals surface area contributed by atoms with Gasteiger partial charge in [-0.25, -0.2) is 0 Å². The number of rotatable bonds is 7. The summed E-state index contributed by atoms with van der Waals surface area (Å²) in [7, 11) is 0. The molecule has 1 aromatic rings. The third-order valence-electron chi connectivity index (χ3n) is 4.21. The molecule has 0 aromatic heterocycles. The normalized spacial score (nSPS) is 16.6. The molecule has 1 amide bonds. The average molecular weight is 368 g/mol. The highest BCUT2D eigenvalue weighted by molar-refractivity contribution is 9.10. The van der Waals surface area contributed by atoms with Gasteiger partial charge in [0, 0.05) is 42.8 Å². The smallest absolute Gasteiger partial charge is 0.251 e. The second-order valence-corrected chi connectivity index (χ2v) is 6.66. The zero-order valence-corrected chi connectivity index (χ0v) is 14.9. The number of halogens is 1. The van der Waals surface area contributed by atoms with Crippen LogP contribution in [0, 0.1) is 0 Å². The minimum atomic E-state index is 0.0176. The largest absolute Gasteiger partial charge is 0.352 e. The number of hydrogen-bond acceptors (Lipinski definition) is 3. The first kappa shape index (κ1) is 17.4. The summed E-state index contributed by atoms with van der Waals surface area (Å²) >= 11 is 3.37. The number of likely N-dealkylation sites (N-methyl/N-ethyl adjacent to an activating group) is 1. The van der Waals surface area contributed by atoms with Crippen LogP contribution in [0.2, 0.25) is 0 Å². The Morgan fingerprint density at radius 2 is 1.73 bits per heavy atom. The molecule has 0 saturated carbocycles. The summed E-state index contributed by atoms with van der Waals surface area (Å²) in [5, 5.41) is 2.99. The van der Waals surface area contributed by atoms with Crippen LogP contribution in [0.1, 0.15) is 30.1 Å². The van der Waals surface area contributed by atoms with Crippen molar-refractivity contribution in [3.63, 3.8) is 0 Å². The van der Waals surface area contributed by atoms with Crippen molar-refractivity contribution in [2.75, 3.05) is 45.8 Å². The summed E-state index contributed by atoms with van der Waals surface area (Å²) in [4.78, 5) is 17.0. The summed E-state index contributed by atoms with van der Waals surface area (Å²) in [6, 6.07) is 7.47. The SMILES string of the molecule is CCN1CCN(CCCCNC(=O)c2ccc(Br)cc2)CC1. The van der Waals surface area contributed by atoms with Gasteiger partial charge in [-0.1, -0.05) is 22.9 Å². The molecular formula is C17H26BrN3O. The van der Waals surface area contributed by atoms with Gasteiger partial charge in [-0.2, -0.15) is 0 Å². The fourth-order valence-electron chi connectivity index (χ4n) is 2.69. The van der Waals surface area contributed by atoms with Crippen LogP contribution >= 0.6 is 15.9 Å². The molecule has 1 aromatic carbocycles. The monoisotopic (exact) mass is 367 g/mol. The Labute approximate surface area is 142 Å². The minimum absolute atomic E-state index is 0.0176. The molecule has 0 unspecified atom stereocenters. The van der Waals surface area contributed by atoms with Crippen molar-refractivity contribution >= 4 is 21.8 Å². The fourth-order valence-corrected chi connectivity index (χ4v) is 2.96. The highest BCUT2D eigenvalue weighted by Gasteiger charge is 2.14. The predicted octanol–water partition coefficient (Wildman–Crippen LogP) is 2.60. The van der Waals surface area contributed by atoms with Crippen LogP contribution in [-0.4, -0.2) is 61.5 Å². The lowest BCUT2D eigenvalue weighted by Crippen LogP contribution is -2.46. The van der Waals surface area contributed by atoms with E-state index in [-0.39, 0.29) is 5.91 Å². The van der Waals surface area contributed by atoms with E-state index in [1.54, 1.807) is 0 Å². The number of nitrogens with one attached hydrogen (secondary N) is 1. The van der Waals surface area contributed by atoms with E-state index in [1.165, 1.54) is 26.2 Å². The van der Waals surface area contributed by atoms with E-state index in [4.69, 9.17) is 0 Å². The van der Waals surface area contributed by atoms with Crippen molar-refractivity contribution < 1.29 is 4.79 Å². The zero-order chi connectivity index (χ0) is 15.8. The number of carbonyl (C=O) groups is 1. The molecule has 1 heterocycles. The lowest BCUT2D eigenvalue weighted by Gasteiger charge is -2.33. The Kier molecular flexibility index (Phi) is 7.36. The molecule has 1 N–H and O–H groups in total. The molecule has 4 nitrogen and oxygen atoms in total. The first-order valence-corrected chi connectivity index (χ1v) is 8.97. The Balaban J connectivity index is 1.56. The lowest BCUT2D eigenvalue weighted by atomic mass is 10.2. The quantitative estimate of drug-likeness (QED) is 0.752. The number of hydrogen-bond donors (Lipinski definition) is 1. The first-order valence-electron chi connectivity index (χ1n) is 8.17. The molecular weight excluding hydrogens is 342 g/mol. The summed E-state index contributed by atoms with van der Waals surface area (Å²) in [6.07, 6.45) is 2.18. The number of piperazine rings is 1. The van der Waals surface area contributed by atoms with Gasteiger partial charge in [0.2, 0.25) is 0 Å². The van der Waals surface area contributed by atoms with Crippen LogP contribution in [0.15, 0.2) is 28.7 Å². The number of amides is 1. The summed E-state index contributed by atoms with van der Waals surface area (Å²) in [5.41, 5.74) is 0.721. The Morgan fingerprint density at radius 1 is 1.09 bits per heavy atom. The van der Waals surface area contributed by atoms with E-state index in [2.05, 4.69) is 38.0 Å². The molecule has 0 bridgehead atoms. The number of benzene rings is 1. The van der Waals surface area contributed by atoms with Crippen LogP contribution in [0.5, 0.6) is 0 Å². The molecule has 1 saturated heterocycles. The lowest BCUT2D eigenvalue weighted by molar-refractivity contribution is 0.0951. The van der Waals surface area contributed by atoms with E-state index in [1.807, 2.05) is 24.3 Å². The van der Waals surface area contributed by atoms with Gasteiger partial charge >= 0.3 is 0 Å². The van der Waals surface area contributed by atoms with Gasteiger partial charge in [-0.15, -0.1) is 0 Å². The molecule has 22 heavy (non-hydrogen) atoms. The van der Waals surface area contributed by atoms with Crippen LogP contribution in [0.3, 0.4) is 0 Å². The van der Waals surface area contributed by atoms with Crippen LogP contribution in [0.25, 0.3) is 0 Å². The molecule has 122 valence electrons. The van der Waals surface area contributed by atoms with Gasteiger partial charge in [0.15, 0.2) is 0 Å². The van der Waals surface area contributed by atoms with Crippen molar-refractivity contribution in [3.8, 4) is 0 Å². The molecule has 1 fully saturated rings. The molecule has 2 rings (SSSR count). The van der Waals surface area contributed by atoms with Crippen molar-refractivity contribution in [2.24, 2.45) is 0 Å². The summed E-state index contributed by atoms with van der Waals surface area (Å²) in [6.45, 7) is 10.0. The van der Waals surface area contributed by atoms with Crippen LogP contribution in [-0.2, 0) is 0 Å². The van der Waals surface area contributed by atoms with E-state index in [0.717, 1.165) is 42.5 Å². The molecule has 0 spiro atoms. The molecule has 0 atom stereocenters. The van der Waals surface area contributed by atoms with Crippen molar-refractivity contribution in [3.05, 3.63) is 34.3 Å². The third-order valence-corrected chi connectivity index (χ3v) is 4.73. The number of unbranched alkanes of at least 4 members (excludes halogenated alkanes) is 1. The average Bonchev–Trinajstić information content (AvgIpc) is 2.55. The number of carbonyl (C=O) groups excluding carboxylic acids is 1. The highest BCUT2D eigenvalue weighted by atomic mass is 79.9. The van der Waals surface area contributed by atoms with Gasteiger partial charge in [0.05, 0.1) is 0 Å². The fraction of sp³-hybridized carbons (Fsp3) is 0.588. The minimum Gasteiger partial charge on any atom is -0.352 e. The second kappa shape index (κ2) is 9.28. The highest BCUT2D eigenvalue weighted by Crippen LogP contribution is 2.10. The topological polar surface area (TPSA) is 35.6 Å². The second-order valence-electron chi connectivity index (χ2n) is 5.75. The summed E-state index contributed by atoms with van der Waals surface area (Å²) in [5.74, 6) is 0.0176. The predicted molar refractivity (Wildman–Crippen MR) is 94.3 cm³/mol. The maximum atomic E-state index is 11.9. The van der Waals surface area contributed by atoms with E-state index < -0.39 is 0 Å². The van der Waals surface area contributed by atoms with Gasteiger partial charge in [-0.05, 0) is 50.2 Å². The molecule has 0 radical (unpaired) electrons. The molecule has 1 aliphatic heterocycles. The third kappa shape index (κ3) is 5.71. The van der Waals surface area contributed by atoms with Gasteiger partial charge in [0.1, 0.15) is 0 Å². The maximum Gasteiger partial charge on any atom is 0.251 e. The standard InChI is InChI=1S/C17H26BrN3O/c1-2-20-11-13-21(14-12-20)10-4-3-9-19-17(22)15-5-7-16(18)8-6-15/h5-8H,2-4,9-14H2,1H3,(H,19,22). The van der Waals surface area contributed by atoms with E-state index in [0.29, 0.717) is 0 Å². The molecule has 0 aliphatic carbocycles. The zero-order valence-electron chi connectivity index (χ0n) is 13.4. The van der Waals surface area contributed by atoms with Gasteiger partial charge in [-0.3, -0.25) is 4.79 Å².